The maximum Gasteiger partial charge on any atom is 0.335 e. The van der Waals surface area contributed by atoms with E-state index in [4.69, 9.17) is 5.11 Å². The fourth-order valence-corrected chi connectivity index (χ4v) is 2.54. The summed E-state index contributed by atoms with van der Waals surface area (Å²) in [6.45, 7) is 6.08. The van der Waals surface area contributed by atoms with Crippen molar-refractivity contribution in [3.8, 4) is 0 Å². The molecular formula is C17H21N3O3. The number of nitrogens with one attached hydrogen (secondary N) is 1. The van der Waals surface area contributed by atoms with Gasteiger partial charge in [-0.15, -0.1) is 0 Å². The molecule has 1 aromatic carbocycles. The van der Waals surface area contributed by atoms with Crippen LogP contribution in [0.15, 0.2) is 30.5 Å². The van der Waals surface area contributed by atoms with Crippen LogP contribution in [-0.2, 0) is 0 Å². The summed E-state index contributed by atoms with van der Waals surface area (Å²) >= 11 is 0. The van der Waals surface area contributed by atoms with Crippen molar-refractivity contribution in [2.45, 2.75) is 39.7 Å². The summed E-state index contributed by atoms with van der Waals surface area (Å²) in [5.74, 6) is -1.24. The summed E-state index contributed by atoms with van der Waals surface area (Å²) in [6.07, 6.45) is 3.49. The van der Waals surface area contributed by atoms with Crippen LogP contribution < -0.4 is 5.32 Å². The molecule has 1 heterocycles. The lowest BCUT2D eigenvalue weighted by molar-refractivity contribution is 0.0696. The maximum atomic E-state index is 12.4. The van der Waals surface area contributed by atoms with Gasteiger partial charge in [-0.25, -0.2) is 4.79 Å². The number of aromatic nitrogens is 2. The van der Waals surface area contributed by atoms with E-state index in [1.807, 2.05) is 11.6 Å². The monoisotopic (exact) mass is 315 g/mol. The van der Waals surface area contributed by atoms with Gasteiger partial charge in [0.15, 0.2) is 0 Å². The largest absolute Gasteiger partial charge is 0.478 e. The van der Waals surface area contributed by atoms with Crippen molar-refractivity contribution in [1.82, 2.24) is 9.78 Å². The zero-order valence-corrected chi connectivity index (χ0v) is 13.5. The number of benzene rings is 1. The highest BCUT2D eigenvalue weighted by Crippen LogP contribution is 2.20. The topological polar surface area (TPSA) is 84.2 Å². The highest BCUT2D eigenvalue weighted by molar-refractivity contribution is 6.05. The average molecular weight is 315 g/mol. The van der Waals surface area contributed by atoms with E-state index in [1.54, 1.807) is 18.3 Å². The van der Waals surface area contributed by atoms with Crippen LogP contribution in [0.25, 0.3) is 0 Å². The summed E-state index contributed by atoms with van der Waals surface area (Å²) in [7, 11) is 0. The van der Waals surface area contributed by atoms with Crippen LogP contribution >= 0.6 is 0 Å². The summed E-state index contributed by atoms with van der Waals surface area (Å²) in [4.78, 5) is 23.2. The predicted octanol–water partition coefficient (Wildman–Crippen LogP) is 3.50. The van der Waals surface area contributed by atoms with Gasteiger partial charge in [0.05, 0.1) is 23.4 Å². The van der Waals surface area contributed by atoms with E-state index in [-0.39, 0.29) is 17.5 Å². The predicted molar refractivity (Wildman–Crippen MR) is 87.9 cm³/mol. The number of hydrogen-bond acceptors (Lipinski definition) is 3. The van der Waals surface area contributed by atoms with Gasteiger partial charge in [-0.05, 0) is 44.0 Å². The Morgan fingerprint density at radius 2 is 1.83 bits per heavy atom. The third-order valence-corrected chi connectivity index (χ3v) is 3.97. The number of carbonyl (C=O) groups excluding carboxylic acids is 1. The van der Waals surface area contributed by atoms with Gasteiger partial charge >= 0.3 is 5.97 Å². The van der Waals surface area contributed by atoms with E-state index in [2.05, 4.69) is 24.3 Å². The second kappa shape index (κ2) is 7.09. The molecule has 0 aliphatic heterocycles. The fraction of sp³-hybridized carbons (Fsp3) is 0.353. The van der Waals surface area contributed by atoms with Gasteiger partial charge in [-0.3, -0.25) is 9.48 Å². The van der Waals surface area contributed by atoms with E-state index in [9.17, 15) is 9.59 Å². The van der Waals surface area contributed by atoms with E-state index >= 15 is 0 Å². The molecule has 122 valence electrons. The van der Waals surface area contributed by atoms with Gasteiger partial charge < -0.3 is 10.4 Å². The Hall–Kier alpha value is -2.63. The van der Waals surface area contributed by atoms with Crippen molar-refractivity contribution in [2.75, 3.05) is 5.32 Å². The number of nitrogens with zero attached hydrogens (tertiary/aromatic N) is 2. The molecule has 1 amide bonds. The molecule has 0 saturated heterocycles. The van der Waals surface area contributed by atoms with E-state index < -0.39 is 5.97 Å². The van der Waals surface area contributed by atoms with Crippen LogP contribution in [0.4, 0.5) is 5.69 Å². The van der Waals surface area contributed by atoms with Crippen LogP contribution in [0.5, 0.6) is 0 Å². The van der Waals surface area contributed by atoms with Gasteiger partial charge in [0.1, 0.15) is 0 Å². The first-order valence-electron chi connectivity index (χ1n) is 7.66. The summed E-state index contributed by atoms with van der Waals surface area (Å²) in [5, 5.41) is 16.0. The van der Waals surface area contributed by atoms with Crippen molar-refractivity contribution in [3.63, 3.8) is 0 Å². The molecule has 1 aromatic heterocycles. The number of carbonyl (C=O) groups is 2. The summed E-state index contributed by atoms with van der Waals surface area (Å²) < 4.78 is 1.89. The minimum atomic E-state index is -0.995. The van der Waals surface area contributed by atoms with Gasteiger partial charge in [-0.1, -0.05) is 13.8 Å². The molecule has 0 fully saturated rings. The lowest BCUT2D eigenvalue weighted by Gasteiger charge is -2.15. The van der Waals surface area contributed by atoms with Crippen molar-refractivity contribution >= 4 is 17.6 Å². The molecule has 0 saturated carbocycles. The fourth-order valence-electron chi connectivity index (χ4n) is 2.54. The Morgan fingerprint density at radius 3 is 2.35 bits per heavy atom. The number of anilines is 1. The first-order valence-corrected chi connectivity index (χ1v) is 7.66. The summed E-state index contributed by atoms with van der Waals surface area (Å²) in [5.41, 5.74) is 2.09. The Labute approximate surface area is 135 Å². The molecule has 0 aliphatic carbocycles. The number of rotatable bonds is 6. The van der Waals surface area contributed by atoms with Gasteiger partial charge in [0.25, 0.3) is 5.91 Å². The second-order valence-electron chi connectivity index (χ2n) is 5.40. The molecule has 2 N–H and O–H groups in total. The minimum absolute atomic E-state index is 0.181. The number of carboxylic acids is 1. The molecule has 0 bridgehead atoms. The van der Waals surface area contributed by atoms with Crippen LogP contribution in [-0.4, -0.2) is 26.8 Å². The molecule has 6 heteroatoms. The van der Waals surface area contributed by atoms with Gasteiger partial charge in [0.2, 0.25) is 0 Å². The minimum Gasteiger partial charge on any atom is -0.478 e. The third kappa shape index (κ3) is 3.59. The number of aromatic carboxylic acids is 1. The number of carboxylic acid groups (broad SMARTS) is 1. The zero-order chi connectivity index (χ0) is 17.0. The van der Waals surface area contributed by atoms with Crippen LogP contribution in [0, 0.1) is 6.92 Å². The first-order chi connectivity index (χ1) is 11.0. The van der Waals surface area contributed by atoms with Crippen LogP contribution in [0.2, 0.25) is 0 Å². The normalized spacial score (nSPS) is 10.8. The molecule has 0 radical (unpaired) electrons. The van der Waals surface area contributed by atoms with Crippen molar-refractivity contribution in [1.29, 1.82) is 0 Å². The maximum absolute atomic E-state index is 12.4. The van der Waals surface area contributed by atoms with Crippen LogP contribution in [0.3, 0.4) is 0 Å². The molecule has 0 spiro atoms. The smallest absolute Gasteiger partial charge is 0.335 e. The first kappa shape index (κ1) is 16.7. The van der Waals surface area contributed by atoms with E-state index in [1.165, 1.54) is 12.1 Å². The van der Waals surface area contributed by atoms with Crippen molar-refractivity contribution in [3.05, 3.63) is 47.3 Å². The second-order valence-corrected chi connectivity index (χ2v) is 5.40. The molecular weight excluding hydrogens is 294 g/mol. The van der Waals surface area contributed by atoms with Crippen molar-refractivity contribution in [2.24, 2.45) is 0 Å². The number of amides is 1. The van der Waals surface area contributed by atoms with Crippen LogP contribution in [0.1, 0.15) is 59.1 Å². The quantitative estimate of drug-likeness (QED) is 0.854. The molecule has 0 aliphatic rings. The van der Waals surface area contributed by atoms with Crippen molar-refractivity contribution < 1.29 is 14.7 Å². The SMILES string of the molecule is CCC(CC)n1ncc(C(=O)Nc2ccc(C(=O)O)cc2)c1C. The highest BCUT2D eigenvalue weighted by Gasteiger charge is 2.18. The molecule has 0 unspecified atom stereocenters. The standard InChI is InChI=1S/C17H21N3O3/c1-4-14(5-2)20-11(3)15(10-18-20)16(21)19-13-8-6-12(7-9-13)17(22)23/h6-10,14H,4-5H2,1-3H3,(H,19,21)(H,22,23). The van der Waals surface area contributed by atoms with Gasteiger partial charge in [0, 0.05) is 11.4 Å². The van der Waals surface area contributed by atoms with Gasteiger partial charge in [-0.2, -0.15) is 5.10 Å². The molecule has 2 aromatic rings. The third-order valence-electron chi connectivity index (χ3n) is 3.97. The van der Waals surface area contributed by atoms with E-state index in [0.29, 0.717) is 11.3 Å². The zero-order valence-electron chi connectivity index (χ0n) is 13.5. The Balaban J connectivity index is 2.16. The summed E-state index contributed by atoms with van der Waals surface area (Å²) in [6, 6.07) is 6.34. The van der Waals surface area contributed by atoms with E-state index in [0.717, 1.165) is 18.5 Å². The molecule has 6 nitrogen and oxygen atoms in total. The molecule has 23 heavy (non-hydrogen) atoms. The molecule has 0 atom stereocenters. The number of hydrogen-bond donors (Lipinski definition) is 2. The highest BCUT2D eigenvalue weighted by atomic mass is 16.4. The Kier molecular flexibility index (Phi) is 5.16. The average Bonchev–Trinajstić information content (AvgIpc) is 2.91. The Bertz CT molecular complexity index is 700. The Morgan fingerprint density at radius 1 is 1.22 bits per heavy atom. The molecule has 2 rings (SSSR count). The lowest BCUT2D eigenvalue weighted by atomic mass is 10.1. The lowest BCUT2D eigenvalue weighted by Crippen LogP contribution is -2.15.